The normalized spacial score (nSPS) is 10.7. The van der Waals surface area contributed by atoms with Gasteiger partial charge in [0.25, 0.3) is 5.56 Å². The second kappa shape index (κ2) is 5.76. The molecule has 19 heavy (non-hydrogen) atoms. The predicted octanol–water partition coefficient (Wildman–Crippen LogP) is 3.54. The number of aromatic amines is 1. The van der Waals surface area contributed by atoms with Crippen molar-refractivity contribution in [3.8, 4) is 0 Å². The van der Waals surface area contributed by atoms with E-state index in [1.807, 2.05) is 13.8 Å². The molecule has 0 amide bonds. The van der Waals surface area contributed by atoms with Crippen molar-refractivity contribution in [3.05, 3.63) is 61.2 Å². The first kappa shape index (κ1) is 14.1. The molecule has 100 valence electrons. The number of rotatable bonds is 3. The Morgan fingerprint density at radius 2 is 1.84 bits per heavy atom. The van der Waals surface area contributed by atoms with Crippen LogP contribution in [0.15, 0.2) is 23.0 Å². The maximum atomic E-state index is 11.9. The molecule has 0 atom stereocenters. The van der Waals surface area contributed by atoms with Gasteiger partial charge in [0.05, 0.1) is 0 Å². The number of nitrogens with one attached hydrogen (secondary N) is 1. The molecule has 1 aromatic carbocycles. The summed E-state index contributed by atoms with van der Waals surface area (Å²) in [7, 11) is 0. The first-order valence-corrected chi connectivity index (χ1v) is 6.80. The summed E-state index contributed by atoms with van der Waals surface area (Å²) in [4.78, 5) is 19.1. The SMILES string of the molecule is CCc1c(C)nc(Cc2c(Cl)cccc2Cl)[nH]c1=O. The van der Waals surface area contributed by atoms with Crippen molar-refractivity contribution >= 4 is 23.2 Å². The van der Waals surface area contributed by atoms with E-state index in [2.05, 4.69) is 9.97 Å². The highest BCUT2D eigenvalue weighted by Gasteiger charge is 2.10. The number of aromatic nitrogens is 2. The lowest BCUT2D eigenvalue weighted by molar-refractivity contribution is 0.879. The van der Waals surface area contributed by atoms with Gasteiger partial charge in [0.2, 0.25) is 0 Å². The van der Waals surface area contributed by atoms with Crippen LogP contribution in [0.3, 0.4) is 0 Å². The zero-order valence-corrected chi connectivity index (χ0v) is 12.3. The maximum Gasteiger partial charge on any atom is 0.254 e. The third kappa shape index (κ3) is 2.99. The van der Waals surface area contributed by atoms with E-state index in [1.54, 1.807) is 18.2 Å². The number of aryl methyl sites for hydroxylation is 1. The van der Waals surface area contributed by atoms with Crippen LogP contribution in [0.2, 0.25) is 10.0 Å². The van der Waals surface area contributed by atoms with Gasteiger partial charge in [-0.25, -0.2) is 4.98 Å². The van der Waals surface area contributed by atoms with Crippen LogP contribution in [0.25, 0.3) is 0 Å². The molecule has 0 saturated carbocycles. The van der Waals surface area contributed by atoms with Gasteiger partial charge in [-0.3, -0.25) is 4.79 Å². The molecule has 1 N–H and O–H groups in total. The summed E-state index contributed by atoms with van der Waals surface area (Å²) in [6.45, 7) is 3.77. The summed E-state index contributed by atoms with van der Waals surface area (Å²) >= 11 is 12.2. The van der Waals surface area contributed by atoms with Crippen LogP contribution in [0, 0.1) is 6.92 Å². The fourth-order valence-corrected chi connectivity index (χ4v) is 2.57. The molecule has 0 saturated heterocycles. The van der Waals surface area contributed by atoms with Crippen molar-refractivity contribution in [2.45, 2.75) is 26.7 Å². The zero-order chi connectivity index (χ0) is 14.0. The Balaban J connectivity index is 2.42. The van der Waals surface area contributed by atoms with Crippen LogP contribution in [0.4, 0.5) is 0 Å². The number of nitrogens with zero attached hydrogens (tertiary/aromatic N) is 1. The molecule has 3 nitrogen and oxygen atoms in total. The van der Waals surface area contributed by atoms with Crippen molar-refractivity contribution < 1.29 is 0 Å². The van der Waals surface area contributed by atoms with E-state index >= 15 is 0 Å². The van der Waals surface area contributed by atoms with E-state index in [-0.39, 0.29) is 5.56 Å². The summed E-state index contributed by atoms with van der Waals surface area (Å²) in [6, 6.07) is 5.33. The van der Waals surface area contributed by atoms with Crippen molar-refractivity contribution in [1.82, 2.24) is 9.97 Å². The zero-order valence-electron chi connectivity index (χ0n) is 10.8. The monoisotopic (exact) mass is 296 g/mol. The lowest BCUT2D eigenvalue weighted by atomic mass is 10.1. The highest BCUT2D eigenvalue weighted by molar-refractivity contribution is 6.36. The highest BCUT2D eigenvalue weighted by atomic mass is 35.5. The molecule has 0 bridgehead atoms. The summed E-state index contributed by atoms with van der Waals surface area (Å²) in [6.07, 6.45) is 1.08. The molecule has 5 heteroatoms. The Bertz CT molecular complexity index is 645. The fourth-order valence-electron chi connectivity index (χ4n) is 2.04. The van der Waals surface area contributed by atoms with Crippen LogP contribution in [-0.4, -0.2) is 9.97 Å². The van der Waals surface area contributed by atoms with Gasteiger partial charge in [0.15, 0.2) is 0 Å². The lowest BCUT2D eigenvalue weighted by Gasteiger charge is -2.08. The Hall–Kier alpha value is -1.32. The van der Waals surface area contributed by atoms with Gasteiger partial charge < -0.3 is 4.98 Å². The van der Waals surface area contributed by atoms with Gasteiger partial charge in [-0.1, -0.05) is 36.2 Å². The number of benzene rings is 1. The topological polar surface area (TPSA) is 45.8 Å². The molecular formula is C14H14Cl2N2O. The number of hydrogen-bond donors (Lipinski definition) is 1. The second-order valence-corrected chi connectivity index (χ2v) is 5.12. The molecule has 0 radical (unpaired) electrons. The van der Waals surface area contributed by atoms with Crippen molar-refractivity contribution in [3.63, 3.8) is 0 Å². The first-order chi connectivity index (χ1) is 9.02. The summed E-state index contributed by atoms with van der Waals surface area (Å²) in [5.41, 5.74) is 2.16. The number of H-pyrrole nitrogens is 1. The Morgan fingerprint density at radius 3 is 2.37 bits per heavy atom. The second-order valence-electron chi connectivity index (χ2n) is 4.31. The molecule has 0 unspecified atom stereocenters. The van der Waals surface area contributed by atoms with Crippen molar-refractivity contribution in [1.29, 1.82) is 0 Å². The molecule has 2 rings (SSSR count). The van der Waals surface area contributed by atoms with Gasteiger partial charge in [0.1, 0.15) is 5.82 Å². The van der Waals surface area contributed by atoms with E-state index in [0.29, 0.717) is 34.3 Å². The molecule has 2 aromatic rings. The summed E-state index contributed by atoms with van der Waals surface area (Å²) in [5, 5.41) is 1.15. The van der Waals surface area contributed by atoms with Crippen LogP contribution < -0.4 is 5.56 Å². The van der Waals surface area contributed by atoms with E-state index in [4.69, 9.17) is 23.2 Å². The summed E-state index contributed by atoms with van der Waals surface area (Å²) in [5.74, 6) is 0.578. The van der Waals surface area contributed by atoms with E-state index in [9.17, 15) is 4.79 Å². The first-order valence-electron chi connectivity index (χ1n) is 6.04. The average molecular weight is 297 g/mol. The van der Waals surface area contributed by atoms with Crippen LogP contribution in [-0.2, 0) is 12.8 Å². The van der Waals surface area contributed by atoms with Crippen molar-refractivity contribution in [2.24, 2.45) is 0 Å². The van der Waals surface area contributed by atoms with Crippen LogP contribution in [0.5, 0.6) is 0 Å². The third-order valence-electron chi connectivity index (χ3n) is 3.03. The van der Waals surface area contributed by atoms with Crippen LogP contribution in [0.1, 0.15) is 29.6 Å². The molecule has 1 aromatic heterocycles. The van der Waals surface area contributed by atoms with Gasteiger partial charge in [0, 0.05) is 27.7 Å². The molecule has 1 heterocycles. The van der Waals surface area contributed by atoms with E-state index in [1.165, 1.54) is 0 Å². The predicted molar refractivity (Wildman–Crippen MR) is 78.2 cm³/mol. The Labute approximate surface area is 121 Å². The van der Waals surface area contributed by atoms with E-state index in [0.717, 1.165) is 11.3 Å². The summed E-state index contributed by atoms with van der Waals surface area (Å²) < 4.78 is 0. The molecule has 0 fully saturated rings. The van der Waals surface area contributed by atoms with Gasteiger partial charge in [-0.15, -0.1) is 0 Å². The quantitative estimate of drug-likeness (QED) is 0.942. The Kier molecular flexibility index (Phi) is 4.27. The molecule has 0 aliphatic carbocycles. The molecular weight excluding hydrogens is 283 g/mol. The highest BCUT2D eigenvalue weighted by Crippen LogP contribution is 2.25. The standard InChI is InChI=1S/C14H14Cl2N2O/c1-3-9-8(2)17-13(18-14(9)19)7-10-11(15)5-4-6-12(10)16/h4-6H,3,7H2,1-2H3,(H,17,18,19). The number of halogens is 2. The fraction of sp³-hybridized carbons (Fsp3) is 0.286. The smallest absolute Gasteiger partial charge is 0.254 e. The molecule has 0 aliphatic heterocycles. The number of hydrogen-bond acceptors (Lipinski definition) is 2. The largest absolute Gasteiger partial charge is 0.310 e. The minimum Gasteiger partial charge on any atom is -0.310 e. The van der Waals surface area contributed by atoms with Gasteiger partial charge in [-0.2, -0.15) is 0 Å². The van der Waals surface area contributed by atoms with Crippen LogP contribution >= 0.6 is 23.2 Å². The van der Waals surface area contributed by atoms with Gasteiger partial charge in [-0.05, 0) is 31.0 Å². The van der Waals surface area contributed by atoms with Crippen molar-refractivity contribution in [2.75, 3.05) is 0 Å². The molecule has 0 spiro atoms. The van der Waals surface area contributed by atoms with Gasteiger partial charge >= 0.3 is 0 Å². The Morgan fingerprint density at radius 1 is 1.21 bits per heavy atom. The maximum absolute atomic E-state index is 11.9. The lowest BCUT2D eigenvalue weighted by Crippen LogP contribution is -2.18. The van der Waals surface area contributed by atoms with E-state index < -0.39 is 0 Å². The minimum absolute atomic E-state index is 0.0897. The molecule has 0 aliphatic rings. The third-order valence-corrected chi connectivity index (χ3v) is 3.74. The minimum atomic E-state index is -0.0897. The average Bonchev–Trinajstić information content (AvgIpc) is 2.34.